The van der Waals surface area contributed by atoms with Crippen molar-refractivity contribution in [2.24, 2.45) is 5.92 Å². The second-order valence-corrected chi connectivity index (χ2v) is 10.8. The van der Waals surface area contributed by atoms with Crippen LogP contribution in [-0.4, -0.2) is 42.9 Å². The molecule has 3 aromatic rings. The fraction of sp³-hybridized carbons (Fsp3) is 0.353. The number of rotatable bonds is 13. The first-order valence-electron chi connectivity index (χ1n) is 14.5. The lowest BCUT2D eigenvalue weighted by atomic mass is 9.96. The average Bonchev–Trinajstić information content (AvgIpc) is 2.98. The number of hydrogen-bond acceptors (Lipinski definition) is 4. The number of ether oxygens (including phenoxy) is 1. The molecule has 3 aromatic carbocycles. The highest BCUT2D eigenvalue weighted by atomic mass is 19.4. The summed E-state index contributed by atoms with van der Waals surface area (Å²) in [5, 5.41) is 3.24. The van der Waals surface area contributed by atoms with Gasteiger partial charge in [0.1, 0.15) is 18.0 Å². The van der Waals surface area contributed by atoms with Crippen molar-refractivity contribution in [3.63, 3.8) is 0 Å². The lowest BCUT2D eigenvalue weighted by Crippen LogP contribution is -2.38. The molecule has 5 nitrogen and oxygen atoms in total. The van der Waals surface area contributed by atoms with E-state index in [0.717, 1.165) is 18.6 Å². The lowest BCUT2D eigenvalue weighted by molar-refractivity contribution is -0.137. The van der Waals surface area contributed by atoms with Crippen LogP contribution in [0, 0.1) is 5.92 Å². The van der Waals surface area contributed by atoms with Crippen molar-refractivity contribution < 1.29 is 40.7 Å². The van der Waals surface area contributed by atoms with E-state index in [2.05, 4.69) is 6.58 Å². The minimum Gasteiger partial charge on any atom is -0.457 e. The maximum Gasteiger partial charge on any atom is 0.416 e. The Bertz CT molecular complexity index is 1570. The lowest BCUT2D eigenvalue weighted by Gasteiger charge is -2.22. The first-order chi connectivity index (χ1) is 21.1. The van der Waals surface area contributed by atoms with Crippen molar-refractivity contribution in [1.82, 2.24) is 10.2 Å². The Labute approximate surface area is 258 Å². The van der Waals surface area contributed by atoms with Crippen molar-refractivity contribution in [3.8, 4) is 11.5 Å². The van der Waals surface area contributed by atoms with Crippen molar-refractivity contribution in [2.75, 3.05) is 20.1 Å². The fourth-order valence-electron chi connectivity index (χ4n) is 4.88. The van der Waals surface area contributed by atoms with Gasteiger partial charge in [-0.15, -0.1) is 0 Å². The summed E-state index contributed by atoms with van der Waals surface area (Å²) in [6, 6.07) is 13.8. The van der Waals surface area contributed by atoms with E-state index in [1.165, 1.54) is 18.2 Å². The largest absolute Gasteiger partial charge is 0.457 e. The Morgan fingerprint density at radius 1 is 0.933 bits per heavy atom. The molecule has 1 N–H and O–H groups in total. The second kappa shape index (κ2) is 15.1. The summed E-state index contributed by atoms with van der Waals surface area (Å²) in [5.74, 6) is -0.0953. The van der Waals surface area contributed by atoms with Crippen molar-refractivity contribution in [3.05, 3.63) is 93.4 Å². The number of nitrogens with one attached hydrogen (secondary N) is 1. The van der Waals surface area contributed by atoms with E-state index in [-0.39, 0.29) is 23.0 Å². The van der Waals surface area contributed by atoms with Gasteiger partial charge in [0, 0.05) is 42.6 Å². The molecular formula is C34H36F6N2O3. The SMILES string of the molecule is C=c1ccc(C(=O)NCC(F)(F)F)c(CC)/c1=C/N(C)CC(CC)CCC(=O)c1ccc(Oc2ccc(C(F)(F)F)cc2)cc1. The van der Waals surface area contributed by atoms with Crippen LogP contribution >= 0.6 is 0 Å². The third-order valence-corrected chi connectivity index (χ3v) is 7.34. The predicted molar refractivity (Wildman–Crippen MR) is 161 cm³/mol. The first-order valence-corrected chi connectivity index (χ1v) is 14.5. The minimum atomic E-state index is -4.52. The van der Waals surface area contributed by atoms with Crippen LogP contribution in [0.15, 0.2) is 60.7 Å². The van der Waals surface area contributed by atoms with E-state index in [1.54, 1.807) is 30.3 Å². The van der Waals surface area contributed by atoms with E-state index in [4.69, 9.17) is 4.74 Å². The molecule has 242 valence electrons. The molecule has 0 spiro atoms. The van der Waals surface area contributed by atoms with E-state index in [0.29, 0.717) is 53.1 Å². The van der Waals surface area contributed by atoms with Gasteiger partial charge in [0.15, 0.2) is 5.78 Å². The van der Waals surface area contributed by atoms with Gasteiger partial charge in [0.2, 0.25) is 0 Å². The molecule has 1 amide bonds. The Balaban J connectivity index is 1.62. The molecule has 45 heavy (non-hydrogen) atoms. The molecule has 0 saturated heterocycles. The first kappa shape index (κ1) is 35.2. The summed E-state index contributed by atoms with van der Waals surface area (Å²) in [4.78, 5) is 27.4. The predicted octanol–water partition coefficient (Wildman–Crippen LogP) is 7.12. The highest BCUT2D eigenvalue weighted by Crippen LogP contribution is 2.31. The Morgan fingerprint density at radius 3 is 2.07 bits per heavy atom. The standard InChI is InChI=1S/C34H36F6N2O3/c1-5-23(19-42(4)20-30-22(3)7-17-29(28(30)6-2)32(44)41-21-33(35,36)37)8-18-31(43)24-9-13-26(14-10-24)45-27-15-11-25(12-16-27)34(38,39)40/h7,9-17,20,23H,3,5-6,8,18-19,21H2,1-2,4H3,(H,41,44)/b30-20+. The summed E-state index contributed by atoms with van der Waals surface area (Å²) in [6.07, 6.45) is -5.01. The molecule has 0 aliphatic carbocycles. The van der Waals surface area contributed by atoms with Gasteiger partial charge in [-0.05, 0) is 84.1 Å². The topological polar surface area (TPSA) is 58.6 Å². The number of ketones is 1. The molecule has 0 saturated carbocycles. The van der Waals surface area contributed by atoms with Gasteiger partial charge < -0.3 is 15.0 Å². The van der Waals surface area contributed by atoms with E-state index in [1.807, 2.05) is 37.3 Å². The molecule has 0 fully saturated rings. The van der Waals surface area contributed by atoms with Crippen LogP contribution < -0.4 is 20.5 Å². The normalized spacial score (nSPS) is 13.0. The van der Waals surface area contributed by atoms with Gasteiger partial charge in [-0.3, -0.25) is 9.59 Å². The molecule has 1 atom stereocenters. The number of carbonyl (C=O) groups is 2. The molecule has 0 aromatic heterocycles. The molecule has 0 aliphatic rings. The molecule has 1 unspecified atom stereocenters. The number of alkyl halides is 6. The molecule has 0 heterocycles. The third-order valence-electron chi connectivity index (χ3n) is 7.34. The van der Waals surface area contributed by atoms with Crippen LogP contribution in [0.1, 0.15) is 65.0 Å². The summed E-state index contributed by atoms with van der Waals surface area (Å²) >= 11 is 0. The van der Waals surface area contributed by atoms with Crippen LogP contribution in [0.2, 0.25) is 0 Å². The molecule has 0 radical (unpaired) electrons. The summed E-state index contributed by atoms with van der Waals surface area (Å²) in [7, 11) is 1.86. The Hall–Kier alpha value is -4.28. The van der Waals surface area contributed by atoms with Crippen molar-refractivity contribution in [2.45, 2.75) is 51.9 Å². The summed E-state index contributed by atoms with van der Waals surface area (Å²) in [6.45, 7) is 7.05. The number of carbonyl (C=O) groups excluding carboxylic acids is 2. The third kappa shape index (κ3) is 10.4. The number of benzene rings is 3. The van der Waals surface area contributed by atoms with Gasteiger partial charge in [-0.2, -0.15) is 26.3 Å². The molecular weight excluding hydrogens is 598 g/mol. The number of halogens is 6. The Kier molecular flexibility index (Phi) is 11.8. The molecule has 3 rings (SSSR count). The van der Waals surface area contributed by atoms with E-state index < -0.39 is 30.4 Å². The molecule has 0 aliphatic heterocycles. The van der Waals surface area contributed by atoms with Crippen LogP contribution in [0.25, 0.3) is 12.8 Å². The number of nitrogens with zero attached hydrogens (tertiary/aromatic N) is 1. The van der Waals surface area contributed by atoms with E-state index in [9.17, 15) is 35.9 Å². The maximum atomic E-state index is 12.9. The Morgan fingerprint density at radius 2 is 1.53 bits per heavy atom. The summed E-state index contributed by atoms with van der Waals surface area (Å²) < 4.78 is 81.8. The maximum absolute atomic E-state index is 12.9. The van der Waals surface area contributed by atoms with Crippen molar-refractivity contribution >= 4 is 24.5 Å². The van der Waals surface area contributed by atoms with Crippen LogP contribution in [0.4, 0.5) is 26.3 Å². The zero-order valence-corrected chi connectivity index (χ0v) is 25.3. The van der Waals surface area contributed by atoms with Crippen LogP contribution in [0.5, 0.6) is 11.5 Å². The zero-order chi connectivity index (χ0) is 33.4. The monoisotopic (exact) mass is 634 g/mol. The van der Waals surface area contributed by atoms with Gasteiger partial charge >= 0.3 is 12.4 Å². The highest BCUT2D eigenvalue weighted by Gasteiger charge is 2.30. The second-order valence-electron chi connectivity index (χ2n) is 10.8. The van der Waals surface area contributed by atoms with Crippen LogP contribution in [-0.2, 0) is 12.6 Å². The number of amides is 1. The zero-order valence-electron chi connectivity index (χ0n) is 25.3. The summed E-state index contributed by atoms with van der Waals surface area (Å²) in [5.41, 5.74) is 0.481. The van der Waals surface area contributed by atoms with Crippen LogP contribution in [0.3, 0.4) is 0 Å². The van der Waals surface area contributed by atoms with Gasteiger partial charge in [0.25, 0.3) is 5.91 Å². The minimum absolute atomic E-state index is 0.0629. The average molecular weight is 635 g/mol. The van der Waals surface area contributed by atoms with Gasteiger partial charge in [-0.1, -0.05) is 32.9 Å². The van der Waals surface area contributed by atoms with Gasteiger partial charge in [-0.25, -0.2) is 0 Å². The number of hydrogen-bond donors (Lipinski definition) is 1. The van der Waals surface area contributed by atoms with E-state index >= 15 is 0 Å². The molecule has 11 heteroatoms. The smallest absolute Gasteiger partial charge is 0.416 e. The van der Waals surface area contributed by atoms with Crippen molar-refractivity contribution in [1.29, 1.82) is 0 Å². The molecule has 0 bridgehead atoms. The number of Topliss-reactive ketones (excluding diaryl/α,β-unsaturated/α-hetero) is 1. The van der Waals surface area contributed by atoms with Gasteiger partial charge in [0.05, 0.1) is 5.56 Å². The fourth-order valence-corrected chi connectivity index (χ4v) is 4.88. The highest BCUT2D eigenvalue weighted by molar-refractivity contribution is 5.96. The quantitative estimate of drug-likeness (QED) is 0.161.